The third kappa shape index (κ3) is 4.76. The highest BCUT2D eigenvalue weighted by atomic mass is 35.5. The van der Waals surface area contributed by atoms with Gasteiger partial charge in [-0.1, -0.05) is 24.8 Å². The molecule has 0 aromatic carbocycles. The maximum Gasteiger partial charge on any atom is 0.168 e. The van der Waals surface area contributed by atoms with E-state index in [1.165, 1.54) is 6.08 Å². The smallest absolute Gasteiger partial charge is 0.168 e. The van der Waals surface area contributed by atoms with Gasteiger partial charge in [-0.2, -0.15) is 0 Å². The zero-order valence-electron chi connectivity index (χ0n) is 6.43. The summed E-state index contributed by atoms with van der Waals surface area (Å²) in [6.07, 6.45) is 1.49. The van der Waals surface area contributed by atoms with Crippen LogP contribution in [0.4, 0.5) is 0 Å². The molecule has 0 amide bonds. The first-order valence-corrected chi connectivity index (χ1v) is 3.79. The summed E-state index contributed by atoms with van der Waals surface area (Å²) in [6.45, 7) is 6.95. The van der Waals surface area contributed by atoms with Crippen LogP contribution in [-0.4, -0.2) is 5.11 Å². The van der Waals surface area contributed by atoms with Gasteiger partial charge < -0.3 is 16.8 Å². The van der Waals surface area contributed by atoms with Crippen molar-refractivity contribution >= 4 is 28.9 Å². The molecule has 5 N–H and O–H groups in total. The molecule has 0 atom stereocenters. The predicted octanol–water partition coefficient (Wildman–Crippen LogP) is 0.928. The van der Waals surface area contributed by atoms with Gasteiger partial charge in [0.05, 0.1) is 10.7 Å². The monoisotopic (exact) mass is 203 g/mol. The molecule has 3 nitrogen and oxygen atoms in total. The van der Waals surface area contributed by atoms with Crippen LogP contribution in [0.1, 0.15) is 0 Å². The highest BCUT2D eigenvalue weighted by molar-refractivity contribution is 7.80. The molecule has 0 heterocycles. The lowest BCUT2D eigenvalue weighted by atomic mass is 10.3. The second-order valence-electron chi connectivity index (χ2n) is 2.03. The molecule has 0 fully saturated rings. The fourth-order valence-corrected chi connectivity index (χ4v) is 0.712. The Balaban J connectivity index is 4.55. The molecule has 0 bridgehead atoms. The maximum atomic E-state index is 5.59. The largest absolute Gasteiger partial charge is 0.399 e. The van der Waals surface area contributed by atoms with Gasteiger partial charge in [0, 0.05) is 5.70 Å². The van der Waals surface area contributed by atoms with E-state index < -0.39 is 0 Å². The Hall–Kier alpha value is -1.00. The highest BCUT2D eigenvalue weighted by Gasteiger charge is 1.99. The van der Waals surface area contributed by atoms with Gasteiger partial charge in [0.25, 0.3) is 0 Å². The third-order valence-electron chi connectivity index (χ3n) is 0.880. The molecule has 0 aromatic rings. The number of halogens is 1. The quantitative estimate of drug-likeness (QED) is 0.472. The maximum absolute atomic E-state index is 5.59. The Morgan fingerprint density at radius 3 is 2.17 bits per heavy atom. The SMILES string of the molecule is C=C(N)/C=C(/NC(N)=S)C(=C)Cl. The third-order valence-corrected chi connectivity index (χ3v) is 1.19. The lowest BCUT2D eigenvalue weighted by molar-refractivity contribution is 1.16. The molecule has 0 aromatic heterocycles. The molecule has 0 rings (SSSR count). The lowest BCUT2D eigenvalue weighted by Gasteiger charge is -2.06. The zero-order valence-corrected chi connectivity index (χ0v) is 8.00. The number of rotatable bonds is 3. The van der Waals surface area contributed by atoms with E-state index in [9.17, 15) is 0 Å². The molecular formula is C7H10ClN3S. The first-order chi connectivity index (χ1) is 5.43. The van der Waals surface area contributed by atoms with E-state index in [0.29, 0.717) is 11.4 Å². The molecular weight excluding hydrogens is 194 g/mol. The van der Waals surface area contributed by atoms with Crippen molar-refractivity contribution in [1.82, 2.24) is 5.32 Å². The van der Waals surface area contributed by atoms with Crippen LogP contribution in [0.25, 0.3) is 0 Å². The minimum Gasteiger partial charge on any atom is -0.399 e. The molecule has 5 heteroatoms. The molecule has 0 aliphatic carbocycles. The number of nitrogens with one attached hydrogen (secondary N) is 1. The van der Waals surface area contributed by atoms with E-state index in [0.717, 1.165) is 0 Å². The Morgan fingerprint density at radius 1 is 1.42 bits per heavy atom. The summed E-state index contributed by atoms with van der Waals surface area (Å²) in [5.41, 5.74) is 11.3. The zero-order chi connectivity index (χ0) is 9.72. The van der Waals surface area contributed by atoms with Crippen molar-refractivity contribution in [2.75, 3.05) is 0 Å². The molecule has 0 saturated carbocycles. The van der Waals surface area contributed by atoms with E-state index in [1.807, 2.05) is 0 Å². The average molecular weight is 204 g/mol. The van der Waals surface area contributed by atoms with E-state index in [1.54, 1.807) is 0 Å². The summed E-state index contributed by atoms with van der Waals surface area (Å²) >= 11 is 10.2. The molecule has 0 radical (unpaired) electrons. The first-order valence-electron chi connectivity index (χ1n) is 3.00. The van der Waals surface area contributed by atoms with Crippen LogP contribution in [0.3, 0.4) is 0 Å². The van der Waals surface area contributed by atoms with Gasteiger partial charge in [-0.3, -0.25) is 0 Å². The summed E-state index contributed by atoms with van der Waals surface area (Å²) in [5, 5.41) is 2.98. The number of nitrogens with two attached hydrogens (primary N) is 2. The van der Waals surface area contributed by atoms with Crippen LogP contribution in [0, 0.1) is 0 Å². The van der Waals surface area contributed by atoms with Crippen LogP contribution >= 0.6 is 23.8 Å². The summed E-state index contributed by atoms with van der Waals surface area (Å²) in [7, 11) is 0. The fraction of sp³-hybridized carbons (Fsp3) is 0. The molecule has 0 aliphatic heterocycles. The van der Waals surface area contributed by atoms with Crippen molar-refractivity contribution in [3.05, 3.63) is 35.7 Å². The van der Waals surface area contributed by atoms with Crippen molar-refractivity contribution in [2.24, 2.45) is 11.5 Å². The summed E-state index contributed by atoms with van der Waals surface area (Å²) in [4.78, 5) is 0. The molecule has 12 heavy (non-hydrogen) atoms. The van der Waals surface area contributed by atoms with Crippen molar-refractivity contribution < 1.29 is 0 Å². The minimum absolute atomic E-state index is 0.101. The van der Waals surface area contributed by atoms with Crippen molar-refractivity contribution in [2.45, 2.75) is 0 Å². The molecule has 0 aliphatic rings. The van der Waals surface area contributed by atoms with E-state index in [2.05, 4.69) is 30.7 Å². The van der Waals surface area contributed by atoms with Crippen LogP contribution in [-0.2, 0) is 0 Å². The fourth-order valence-electron chi connectivity index (χ4n) is 0.500. The van der Waals surface area contributed by atoms with E-state index in [4.69, 9.17) is 23.1 Å². The topological polar surface area (TPSA) is 64.1 Å². The van der Waals surface area contributed by atoms with E-state index >= 15 is 0 Å². The molecule has 66 valence electrons. The lowest BCUT2D eigenvalue weighted by Crippen LogP contribution is -2.28. The van der Waals surface area contributed by atoms with Gasteiger partial charge >= 0.3 is 0 Å². The molecule has 0 spiro atoms. The summed E-state index contributed by atoms with van der Waals surface area (Å²) < 4.78 is 0. The number of allylic oxidation sites excluding steroid dienone is 2. The minimum atomic E-state index is 0.101. The Morgan fingerprint density at radius 2 is 1.92 bits per heavy atom. The molecule has 0 unspecified atom stereocenters. The number of thiocarbonyl (C=S) groups is 1. The van der Waals surface area contributed by atoms with Crippen molar-refractivity contribution in [1.29, 1.82) is 0 Å². The highest BCUT2D eigenvalue weighted by Crippen LogP contribution is 2.09. The summed E-state index contributed by atoms with van der Waals surface area (Å²) in [6, 6.07) is 0. The van der Waals surface area contributed by atoms with E-state index in [-0.39, 0.29) is 10.1 Å². The number of hydrogen-bond acceptors (Lipinski definition) is 2. The standard InChI is InChI=1S/C7H10ClN3S/c1-4(9)3-6(5(2)8)11-7(10)12/h3H,1-2,9H2,(H3,10,11,12)/b6-3+. The van der Waals surface area contributed by atoms with Gasteiger partial charge in [-0.25, -0.2) is 0 Å². The Bertz CT molecular complexity index is 257. The van der Waals surface area contributed by atoms with Gasteiger partial charge in [0.15, 0.2) is 5.11 Å². The van der Waals surface area contributed by atoms with Crippen molar-refractivity contribution in [3.63, 3.8) is 0 Å². The average Bonchev–Trinajstić information content (AvgIpc) is 1.83. The second-order valence-corrected chi connectivity index (χ2v) is 2.92. The predicted molar refractivity (Wildman–Crippen MR) is 56.3 cm³/mol. The normalized spacial score (nSPS) is 10.6. The Kier molecular flexibility index (Phi) is 4.39. The second kappa shape index (κ2) is 4.79. The first kappa shape index (κ1) is 11.0. The number of hydrogen-bond donors (Lipinski definition) is 3. The van der Waals surface area contributed by atoms with Crippen LogP contribution in [0.2, 0.25) is 0 Å². The van der Waals surface area contributed by atoms with Gasteiger partial charge in [0.2, 0.25) is 0 Å². The van der Waals surface area contributed by atoms with Crippen molar-refractivity contribution in [3.8, 4) is 0 Å². The van der Waals surface area contributed by atoms with Crippen LogP contribution in [0.15, 0.2) is 35.7 Å². The summed E-state index contributed by atoms with van der Waals surface area (Å²) in [5.74, 6) is 0. The van der Waals surface area contributed by atoms with Gasteiger partial charge in [-0.15, -0.1) is 0 Å². The van der Waals surface area contributed by atoms with Crippen LogP contribution < -0.4 is 16.8 Å². The molecule has 0 saturated heterocycles. The van der Waals surface area contributed by atoms with Gasteiger partial charge in [-0.05, 0) is 18.3 Å². The Labute approximate surface area is 81.8 Å². The van der Waals surface area contributed by atoms with Crippen LogP contribution in [0.5, 0.6) is 0 Å². The van der Waals surface area contributed by atoms with Gasteiger partial charge in [0.1, 0.15) is 0 Å².